The highest BCUT2D eigenvalue weighted by Crippen LogP contribution is 2.30. The average Bonchev–Trinajstić information content (AvgIpc) is 2.86. The van der Waals surface area contributed by atoms with E-state index >= 15 is 0 Å². The van der Waals surface area contributed by atoms with Gasteiger partial charge in [0.2, 0.25) is 0 Å². The predicted octanol–water partition coefficient (Wildman–Crippen LogP) is 2.17. The van der Waals surface area contributed by atoms with Crippen molar-refractivity contribution in [2.75, 3.05) is 18.9 Å². The van der Waals surface area contributed by atoms with Crippen molar-refractivity contribution in [1.82, 2.24) is 5.32 Å². The van der Waals surface area contributed by atoms with Crippen LogP contribution in [-0.4, -0.2) is 24.2 Å². The molecule has 104 valence electrons. The number of hydrogen-bond acceptors (Lipinski definition) is 3. The standard InChI is InChI=1S/C14H19BrN2O2/c15-11-4-5-13(16)12(6-11)14(19)17-7-9-2-1-3-10(9)8-18/h4-6,9-10,18H,1-3,7-8,16H2,(H,17,19). The van der Waals surface area contributed by atoms with Crippen LogP contribution < -0.4 is 11.1 Å². The van der Waals surface area contributed by atoms with Gasteiger partial charge in [0.15, 0.2) is 0 Å². The number of nitrogens with two attached hydrogens (primary N) is 1. The first-order chi connectivity index (χ1) is 9.11. The summed E-state index contributed by atoms with van der Waals surface area (Å²) in [5.41, 5.74) is 6.78. The molecular formula is C14H19BrN2O2. The van der Waals surface area contributed by atoms with E-state index in [1.807, 2.05) is 6.07 Å². The summed E-state index contributed by atoms with van der Waals surface area (Å²) in [4.78, 5) is 12.1. The summed E-state index contributed by atoms with van der Waals surface area (Å²) in [5, 5.41) is 12.2. The fourth-order valence-electron chi connectivity index (χ4n) is 2.67. The highest BCUT2D eigenvalue weighted by Gasteiger charge is 2.26. The molecule has 0 bridgehead atoms. The Morgan fingerprint density at radius 3 is 2.89 bits per heavy atom. The van der Waals surface area contributed by atoms with Crippen LogP contribution >= 0.6 is 15.9 Å². The molecule has 0 spiro atoms. The predicted molar refractivity (Wildman–Crippen MR) is 78.8 cm³/mol. The first kappa shape index (κ1) is 14.3. The van der Waals surface area contributed by atoms with Gasteiger partial charge >= 0.3 is 0 Å². The molecule has 1 aromatic carbocycles. The molecule has 2 rings (SSSR count). The second-order valence-electron chi connectivity index (χ2n) is 5.08. The topological polar surface area (TPSA) is 75.4 Å². The molecular weight excluding hydrogens is 308 g/mol. The van der Waals surface area contributed by atoms with Gasteiger partial charge in [-0.25, -0.2) is 0 Å². The number of halogens is 1. The van der Waals surface area contributed by atoms with Crippen LogP contribution in [0.4, 0.5) is 5.69 Å². The van der Waals surface area contributed by atoms with E-state index in [1.54, 1.807) is 12.1 Å². The van der Waals surface area contributed by atoms with Gasteiger partial charge in [0, 0.05) is 23.3 Å². The van der Waals surface area contributed by atoms with E-state index in [-0.39, 0.29) is 12.5 Å². The van der Waals surface area contributed by atoms with Crippen LogP contribution in [0.2, 0.25) is 0 Å². The van der Waals surface area contributed by atoms with Crippen LogP contribution in [-0.2, 0) is 0 Å². The van der Waals surface area contributed by atoms with Gasteiger partial charge in [-0.3, -0.25) is 4.79 Å². The van der Waals surface area contributed by atoms with Gasteiger partial charge < -0.3 is 16.2 Å². The number of carbonyl (C=O) groups is 1. The minimum atomic E-state index is -0.151. The smallest absolute Gasteiger partial charge is 0.253 e. The molecule has 1 aliphatic carbocycles. The Hall–Kier alpha value is -1.07. The number of hydrogen-bond donors (Lipinski definition) is 3. The Balaban J connectivity index is 1.96. The normalized spacial score (nSPS) is 22.4. The van der Waals surface area contributed by atoms with Crippen molar-refractivity contribution in [2.45, 2.75) is 19.3 Å². The van der Waals surface area contributed by atoms with Crippen LogP contribution in [0.1, 0.15) is 29.6 Å². The number of rotatable bonds is 4. The molecule has 1 aromatic rings. The highest BCUT2D eigenvalue weighted by atomic mass is 79.9. The summed E-state index contributed by atoms with van der Waals surface area (Å²) in [6.45, 7) is 0.815. The number of aliphatic hydroxyl groups is 1. The molecule has 2 atom stereocenters. The number of anilines is 1. The van der Waals surface area contributed by atoms with Crippen molar-refractivity contribution < 1.29 is 9.90 Å². The zero-order chi connectivity index (χ0) is 13.8. The summed E-state index contributed by atoms with van der Waals surface area (Å²) in [5.74, 6) is 0.546. The van der Waals surface area contributed by atoms with Gasteiger partial charge in [-0.15, -0.1) is 0 Å². The molecule has 4 nitrogen and oxygen atoms in total. The molecule has 0 aromatic heterocycles. The van der Waals surface area contributed by atoms with E-state index < -0.39 is 0 Å². The van der Waals surface area contributed by atoms with E-state index in [1.165, 1.54) is 0 Å². The largest absolute Gasteiger partial charge is 0.398 e. The summed E-state index contributed by atoms with van der Waals surface area (Å²) in [6.07, 6.45) is 3.25. The second-order valence-corrected chi connectivity index (χ2v) is 5.99. The van der Waals surface area contributed by atoms with Crippen LogP contribution in [0.25, 0.3) is 0 Å². The van der Waals surface area contributed by atoms with E-state index in [4.69, 9.17) is 5.73 Å². The molecule has 4 N–H and O–H groups in total. The zero-order valence-electron chi connectivity index (χ0n) is 10.7. The van der Waals surface area contributed by atoms with Crippen LogP contribution in [0, 0.1) is 11.8 Å². The lowest BCUT2D eigenvalue weighted by molar-refractivity contribution is 0.0938. The lowest BCUT2D eigenvalue weighted by Gasteiger charge is -2.18. The molecule has 0 heterocycles. The number of benzene rings is 1. The first-order valence-corrected chi connectivity index (χ1v) is 7.35. The van der Waals surface area contributed by atoms with Crippen molar-refractivity contribution in [3.63, 3.8) is 0 Å². The van der Waals surface area contributed by atoms with Crippen molar-refractivity contribution in [1.29, 1.82) is 0 Å². The number of amides is 1. The molecule has 0 saturated heterocycles. The van der Waals surface area contributed by atoms with Gasteiger partial charge in [-0.1, -0.05) is 22.4 Å². The Labute approximate surface area is 121 Å². The molecule has 1 aliphatic rings. The third-order valence-electron chi connectivity index (χ3n) is 3.84. The molecule has 0 radical (unpaired) electrons. The first-order valence-electron chi connectivity index (χ1n) is 6.56. The van der Waals surface area contributed by atoms with Crippen LogP contribution in [0.15, 0.2) is 22.7 Å². The Morgan fingerprint density at radius 1 is 1.42 bits per heavy atom. The quantitative estimate of drug-likeness (QED) is 0.742. The highest BCUT2D eigenvalue weighted by molar-refractivity contribution is 9.10. The molecule has 5 heteroatoms. The van der Waals surface area contributed by atoms with Crippen molar-refractivity contribution in [3.8, 4) is 0 Å². The van der Waals surface area contributed by atoms with Gasteiger partial charge in [-0.2, -0.15) is 0 Å². The fourth-order valence-corrected chi connectivity index (χ4v) is 3.03. The van der Waals surface area contributed by atoms with Crippen LogP contribution in [0.3, 0.4) is 0 Å². The van der Waals surface area contributed by atoms with Gasteiger partial charge in [0.05, 0.1) is 5.56 Å². The SMILES string of the molecule is Nc1ccc(Br)cc1C(=O)NCC1CCCC1CO. The minimum absolute atomic E-state index is 0.151. The second kappa shape index (κ2) is 6.39. The Bertz CT molecular complexity index is 465. The van der Waals surface area contributed by atoms with Gasteiger partial charge in [0.1, 0.15) is 0 Å². The number of nitrogen functional groups attached to an aromatic ring is 1. The molecule has 2 unspecified atom stereocenters. The fraction of sp³-hybridized carbons (Fsp3) is 0.500. The zero-order valence-corrected chi connectivity index (χ0v) is 12.3. The Kier molecular flexibility index (Phi) is 4.82. The lowest BCUT2D eigenvalue weighted by atomic mass is 9.97. The van der Waals surface area contributed by atoms with E-state index in [9.17, 15) is 9.90 Å². The molecule has 0 aliphatic heterocycles. The molecule has 19 heavy (non-hydrogen) atoms. The molecule has 1 fully saturated rings. The van der Waals surface area contributed by atoms with Crippen molar-refractivity contribution >= 4 is 27.5 Å². The maximum absolute atomic E-state index is 12.1. The molecule has 1 amide bonds. The maximum atomic E-state index is 12.1. The van der Waals surface area contributed by atoms with Crippen molar-refractivity contribution in [3.05, 3.63) is 28.2 Å². The number of carbonyl (C=O) groups excluding carboxylic acids is 1. The van der Waals surface area contributed by atoms with Gasteiger partial charge in [0.25, 0.3) is 5.91 Å². The lowest BCUT2D eigenvalue weighted by Crippen LogP contribution is -2.32. The number of nitrogens with one attached hydrogen (secondary N) is 1. The van der Waals surface area contributed by atoms with E-state index in [2.05, 4.69) is 21.2 Å². The maximum Gasteiger partial charge on any atom is 0.253 e. The third-order valence-corrected chi connectivity index (χ3v) is 4.33. The summed E-state index contributed by atoms with van der Waals surface area (Å²) in [6, 6.07) is 5.25. The van der Waals surface area contributed by atoms with E-state index in [0.717, 1.165) is 23.7 Å². The summed E-state index contributed by atoms with van der Waals surface area (Å²) >= 11 is 3.33. The van der Waals surface area contributed by atoms with Crippen LogP contribution in [0.5, 0.6) is 0 Å². The monoisotopic (exact) mass is 326 g/mol. The summed E-state index contributed by atoms with van der Waals surface area (Å²) < 4.78 is 0.834. The Morgan fingerprint density at radius 2 is 2.16 bits per heavy atom. The molecule has 1 saturated carbocycles. The van der Waals surface area contributed by atoms with E-state index in [0.29, 0.717) is 29.6 Å². The minimum Gasteiger partial charge on any atom is -0.398 e. The third kappa shape index (κ3) is 3.48. The average molecular weight is 327 g/mol. The van der Waals surface area contributed by atoms with Gasteiger partial charge in [-0.05, 0) is 42.9 Å². The number of aliphatic hydroxyl groups excluding tert-OH is 1. The van der Waals surface area contributed by atoms with Crippen molar-refractivity contribution in [2.24, 2.45) is 11.8 Å². The summed E-state index contributed by atoms with van der Waals surface area (Å²) in [7, 11) is 0.